The first-order chi connectivity index (χ1) is 14.1. The van der Waals surface area contributed by atoms with Crippen LogP contribution in [0.5, 0.6) is 0 Å². The number of carbonyl (C=O) groups excluding carboxylic acids is 1. The third kappa shape index (κ3) is 5.02. The minimum absolute atomic E-state index is 0.150. The van der Waals surface area contributed by atoms with E-state index in [0.717, 1.165) is 27.5 Å². The second-order valence-electron chi connectivity index (χ2n) is 6.59. The normalized spacial score (nSPS) is 12.3. The molecule has 0 aliphatic rings. The van der Waals surface area contributed by atoms with Crippen molar-refractivity contribution in [1.29, 1.82) is 0 Å². The first-order valence-electron chi connectivity index (χ1n) is 9.17. The highest BCUT2D eigenvalue weighted by atomic mass is 16.5. The molecule has 3 aromatic rings. The summed E-state index contributed by atoms with van der Waals surface area (Å²) in [4.78, 5) is 14.4. The number of hydrogen-bond acceptors (Lipinski definition) is 4. The standard InChI is InChI=1S/C23H21N3O3/c1-29-23(28)19-11-9-16(10-12-19)13-17(15-25-26-24)14-22(27)21-8-4-6-18-5-2-3-7-20(18)21/h2-13,22,27H,14-15H2,1H3. The van der Waals surface area contributed by atoms with Crippen LogP contribution in [0.3, 0.4) is 0 Å². The smallest absolute Gasteiger partial charge is 0.337 e. The number of benzene rings is 3. The molecule has 0 aromatic heterocycles. The molecule has 1 atom stereocenters. The van der Waals surface area contributed by atoms with Crippen molar-refractivity contribution >= 4 is 22.8 Å². The van der Waals surface area contributed by atoms with Gasteiger partial charge in [-0.05, 0) is 46.0 Å². The van der Waals surface area contributed by atoms with Crippen LogP contribution in [0, 0.1) is 0 Å². The van der Waals surface area contributed by atoms with E-state index in [1.54, 1.807) is 24.3 Å². The van der Waals surface area contributed by atoms with Gasteiger partial charge in [0.2, 0.25) is 0 Å². The highest BCUT2D eigenvalue weighted by Crippen LogP contribution is 2.29. The topological polar surface area (TPSA) is 95.3 Å². The lowest BCUT2D eigenvalue weighted by Crippen LogP contribution is -2.03. The van der Waals surface area contributed by atoms with Crippen LogP contribution in [-0.4, -0.2) is 24.7 Å². The van der Waals surface area contributed by atoms with E-state index in [9.17, 15) is 9.90 Å². The van der Waals surface area contributed by atoms with E-state index in [1.165, 1.54) is 7.11 Å². The molecule has 0 fully saturated rings. The van der Waals surface area contributed by atoms with Gasteiger partial charge in [0.15, 0.2) is 0 Å². The number of azide groups is 1. The molecule has 0 radical (unpaired) electrons. The first-order valence-corrected chi connectivity index (χ1v) is 9.17. The average molecular weight is 387 g/mol. The van der Waals surface area contributed by atoms with Gasteiger partial charge in [-0.15, -0.1) is 0 Å². The van der Waals surface area contributed by atoms with Crippen LogP contribution in [-0.2, 0) is 4.74 Å². The van der Waals surface area contributed by atoms with Crippen molar-refractivity contribution < 1.29 is 14.6 Å². The summed E-state index contributed by atoms with van der Waals surface area (Å²) in [6.45, 7) is 0.150. The van der Waals surface area contributed by atoms with Crippen LogP contribution in [0.25, 0.3) is 27.3 Å². The lowest BCUT2D eigenvalue weighted by Gasteiger charge is -2.15. The fourth-order valence-electron chi connectivity index (χ4n) is 3.26. The van der Waals surface area contributed by atoms with Gasteiger partial charge >= 0.3 is 5.97 Å². The Bertz CT molecular complexity index is 1080. The number of esters is 1. The minimum Gasteiger partial charge on any atom is -0.465 e. The Balaban J connectivity index is 1.87. The summed E-state index contributed by atoms with van der Waals surface area (Å²) in [5.41, 5.74) is 11.6. The maximum absolute atomic E-state index is 11.6. The number of aliphatic hydroxyl groups is 1. The lowest BCUT2D eigenvalue weighted by atomic mass is 9.95. The van der Waals surface area contributed by atoms with Crippen LogP contribution in [0.1, 0.15) is 34.0 Å². The van der Waals surface area contributed by atoms with Gasteiger partial charge in [-0.2, -0.15) is 0 Å². The second-order valence-corrected chi connectivity index (χ2v) is 6.59. The molecule has 3 rings (SSSR count). The molecule has 0 heterocycles. The van der Waals surface area contributed by atoms with E-state index in [0.29, 0.717) is 12.0 Å². The van der Waals surface area contributed by atoms with E-state index >= 15 is 0 Å². The van der Waals surface area contributed by atoms with E-state index in [2.05, 4.69) is 10.0 Å². The predicted octanol–water partition coefficient (Wildman–Crippen LogP) is 5.44. The molecule has 146 valence electrons. The lowest BCUT2D eigenvalue weighted by molar-refractivity contribution is 0.0600. The summed E-state index contributed by atoms with van der Waals surface area (Å²) in [5.74, 6) is -0.402. The number of ether oxygens (including phenoxy) is 1. The van der Waals surface area contributed by atoms with Crippen LogP contribution in [0.2, 0.25) is 0 Å². The molecule has 0 saturated heterocycles. The summed E-state index contributed by atoms with van der Waals surface area (Å²) in [6, 6.07) is 20.6. The van der Waals surface area contributed by atoms with Gasteiger partial charge in [-0.1, -0.05) is 71.4 Å². The van der Waals surface area contributed by atoms with E-state index in [4.69, 9.17) is 10.3 Å². The summed E-state index contributed by atoms with van der Waals surface area (Å²) >= 11 is 0. The molecular formula is C23H21N3O3. The SMILES string of the molecule is COC(=O)c1ccc(C=C(CN=[N+]=[N-])CC(O)c2cccc3ccccc23)cc1. The molecule has 0 saturated carbocycles. The van der Waals surface area contributed by atoms with E-state index in [1.807, 2.05) is 48.5 Å². The van der Waals surface area contributed by atoms with Crippen molar-refractivity contribution in [3.8, 4) is 0 Å². The number of hydrogen-bond donors (Lipinski definition) is 1. The van der Waals surface area contributed by atoms with E-state index in [-0.39, 0.29) is 6.54 Å². The van der Waals surface area contributed by atoms with Crippen molar-refractivity contribution in [3.05, 3.63) is 99.4 Å². The Hall–Kier alpha value is -3.60. The Kier molecular flexibility index (Phi) is 6.63. The molecule has 0 aliphatic heterocycles. The predicted molar refractivity (Wildman–Crippen MR) is 113 cm³/mol. The average Bonchev–Trinajstić information content (AvgIpc) is 2.77. The Morgan fingerprint density at radius 1 is 1.14 bits per heavy atom. The Morgan fingerprint density at radius 2 is 1.86 bits per heavy atom. The molecule has 0 amide bonds. The Labute approximate surface area is 168 Å². The molecule has 1 N–H and O–H groups in total. The molecular weight excluding hydrogens is 366 g/mol. The van der Waals surface area contributed by atoms with Gasteiger partial charge < -0.3 is 9.84 Å². The molecule has 0 bridgehead atoms. The minimum atomic E-state index is -0.740. The summed E-state index contributed by atoms with van der Waals surface area (Å²) in [7, 11) is 1.34. The third-order valence-electron chi connectivity index (χ3n) is 4.68. The number of rotatable bonds is 7. The first kappa shape index (κ1) is 20.1. The van der Waals surface area contributed by atoms with Crippen molar-refractivity contribution in [2.75, 3.05) is 13.7 Å². The molecule has 29 heavy (non-hydrogen) atoms. The van der Waals surface area contributed by atoms with Crippen molar-refractivity contribution in [3.63, 3.8) is 0 Å². The summed E-state index contributed by atoms with van der Waals surface area (Å²) in [5, 5.41) is 16.6. The van der Waals surface area contributed by atoms with Gasteiger partial charge in [0.05, 0.1) is 18.8 Å². The van der Waals surface area contributed by atoms with Crippen LogP contribution in [0.15, 0.2) is 77.4 Å². The van der Waals surface area contributed by atoms with Crippen molar-refractivity contribution in [1.82, 2.24) is 0 Å². The Morgan fingerprint density at radius 3 is 2.59 bits per heavy atom. The number of aliphatic hydroxyl groups excluding tert-OH is 1. The molecule has 0 aliphatic carbocycles. The largest absolute Gasteiger partial charge is 0.465 e. The van der Waals surface area contributed by atoms with Crippen molar-refractivity contribution in [2.45, 2.75) is 12.5 Å². The van der Waals surface area contributed by atoms with Gasteiger partial charge in [0, 0.05) is 11.5 Å². The highest BCUT2D eigenvalue weighted by molar-refractivity contribution is 5.89. The van der Waals surface area contributed by atoms with Gasteiger partial charge in [-0.3, -0.25) is 0 Å². The molecule has 3 aromatic carbocycles. The van der Waals surface area contributed by atoms with Gasteiger partial charge in [0.1, 0.15) is 0 Å². The van der Waals surface area contributed by atoms with Gasteiger partial charge in [-0.25, -0.2) is 4.79 Å². The van der Waals surface area contributed by atoms with Crippen LogP contribution >= 0.6 is 0 Å². The fraction of sp³-hybridized carbons (Fsp3) is 0.174. The number of nitrogens with zero attached hydrogens (tertiary/aromatic N) is 3. The quantitative estimate of drug-likeness (QED) is 0.253. The zero-order chi connectivity index (χ0) is 20.6. The number of fused-ring (bicyclic) bond motifs is 1. The molecule has 6 heteroatoms. The molecule has 1 unspecified atom stereocenters. The maximum atomic E-state index is 11.6. The summed E-state index contributed by atoms with van der Waals surface area (Å²) in [6.07, 6.45) is 1.45. The summed E-state index contributed by atoms with van der Waals surface area (Å²) < 4.78 is 4.70. The van der Waals surface area contributed by atoms with Crippen molar-refractivity contribution in [2.24, 2.45) is 5.11 Å². The monoisotopic (exact) mass is 387 g/mol. The fourth-order valence-corrected chi connectivity index (χ4v) is 3.26. The highest BCUT2D eigenvalue weighted by Gasteiger charge is 2.13. The molecule has 6 nitrogen and oxygen atoms in total. The van der Waals surface area contributed by atoms with Crippen LogP contribution < -0.4 is 0 Å². The number of methoxy groups -OCH3 is 1. The zero-order valence-electron chi connectivity index (χ0n) is 16.0. The maximum Gasteiger partial charge on any atom is 0.337 e. The zero-order valence-corrected chi connectivity index (χ0v) is 16.0. The van der Waals surface area contributed by atoms with E-state index < -0.39 is 12.1 Å². The number of carbonyl (C=O) groups is 1. The van der Waals surface area contributed by atoms with Crippen LogP contribution in [0.4, 0.5) is 0 Å². The molecule has 0 spiro atoms. The third-order valence-corrected chi connectivity index (χ3v) is 4.68. The second kappa shape index (κ2) is 9.55. The van der Waals surface area contributed by atoms with Gasteiger partial charge in [0.25, 0.3) is 0 Å².